The maximum atomic E-state index is 11.4. The molecule has 1 saturated carbocycles. The molecule has 1 rings (SSSR count). The van der Waals surface area contributed by atoms with Crippen molar-refractivity contribution in [2.24, 2.45) is 5.92 Å². The van der Waals surface area contributed by atoms with E-state index in [1.165, 1.54) is 0 Å². The van der Waals surface area contributed by atoms with Crippen molar-refractivity contribution in [1.29, 1.82) is 0 Å². The third kappa shape index (κ3) is 2.58. The van der Waals surface area contributed by atoms with E-state index in [0.29, 0.717) is 32.3 Å². The second-order valence-corrected chi connectivity index (χ2v) is 3.83. The summed E-state index contributed by atoms with van der Waals surface area (Å²) in [5.74, 6) is -0.159. The molecule has 3 nitrogen and oxygen atoms in total. The highest BCUT2D eigenvalue weighted by atomic mass is 16.5. The smallest absolute Gasteiger partial charge is 0.308 e. The molecule has 1 N–H and O–H groups in total. The van der Waals surface area contributed by atoms with Gasteiger partial charge < -0.3 is 9.84 Å². The van der Waals surface area contributed by atoms with Crippen molar-refractivity contribution in [3.8, 4) is 0 Å². The summed E-state index contributed by atoms with van der Waals surface area (Å²) >= 11 is 0. The van der Waals surface area contributed by atoms with Crippen molar-refractivity contribution in [3.63, 3.8) is 0 Å². The van der Waals surface area contributed by atoms with Gasteiger partial charge in [0, 0.05) is 0 Å². The van der Waals surface area contributed by atoms with E-state index < -0.39 is 5.60 Å². The van der Waals surface area contributed by atoms with Gasteiger partial charge in [0.25, 0.3) is 0 Å². The van der Waals surface area contributed by atoms with Crippen LogP contribution in [0.5, 0.6) is 0 Å². The van der Waals surface area contributed by atoms with Crippen LogP contribution in [-0.4, -0.2) is 23.3 Å². The van der Waals surface area contributed by atoms with Gasteiger partial charge in [0.15, 0.2) is 0 Å². The predicted octanol–water partition coefficient (Wildman–Crippen LogP) is 1.66. The minimum atomic E-state index is -0.761. The fraction of sp³-hybridized carbons (Fsp3) is 0.727. The topological polar surface area (TPSA) is 46.5 Å². The van der Waals surface area contributed by atoms with Gasteiger partial charge in [-0.25, -0.2) is 0 Å². The minimum absolute atomic E-state index is 0.0322. The number of rotatable bonds is 3. The molecule has 0 radical (unpaired) electrons. The Labute approximate surface area is 84.8 Å². The first-order valence-electron chi connectivity index (χ1n) is 5.14. The summed E-state index contributed by atoms with van der Waals surface area (Å²) in [6.07, 6.45) is 4.19. The summed E-state index contributed by atoms with van der Waals surface area (Å²) in [6.45, 7) is 5.83. The predicted molar refractivity (Wildman–Crippen MR) is 53.7 cm³/mol. The monoisotopic (exact) mass is 198 g/mol. The van der Waals surface area contributed by atoms with Crippen LogP contribution in [0.25, 0.3) is 0 Å². The van der Waals surface area contributed by atoms with E-state index in [0.717, 1.165) is 0 Å². The number of carbonyl (C=O) groups excluding carboxylic acids is 1. The number of hydrogen-bond donors (Lipinski definition) is 1. The Hall–Kier alpha value is -0.830. The van der Waals surface area contributed by atoms with Gasteiger partial charge in [0.2, 0.25) is 0 Å². The molecule has 0 atom stereocenters. The molecule has 3 heteroatoms. The van der Waals surface area contributed by atoms with Gasteiger partial charge >= 0.3 is 5.97 Å². The molecule has 80 valence electrons. The van der Waals surface area contributed by atoms with Crippen LogP contribution in [0.3, 0.4) is 0 Å². The molecule has 0 aliphatic heterocycles. The molecule has 1 fully saturated rings. The van der Waals surface area contributed by atoms with Crippen LogP contribution >= 0.6 is 0 Å². The summed E-state index contributed by atoms with van der Waals surface area (Å²) < 4.78 is 4.94. The average molecular weight is 198 g/mol. The van der Waals surface area contributed by atoms with Gasteiger partial charge in [-0.1, -0.05) is 6.08 Å². The zero-order chi connectivity index (χ0) is 10.6. The maximum absolute atomic E-state index is 11.4. The van der Waals surface area contributed by atoms with Crippen LogP contribution in [-0.2, 0) is 9.53 Å². The first-order chi connectivity index (χ1) is 6.61. The van der Waals surface area contributed by atoms with Crippen LogP contribution in [0.15, 0.2) is 12.7 Å². The Bertz CT molecular complexity index is 215. The Kier molecular flexibility index (Phi) is 3.69. The standard InChI is InChI=1S/C11H18O3/c1-3-11(13)7-5-9(6-8-11)10(12)14-4-2/h3,9,13H,1,4-8H2,2H3. The van der Waals surface area contributed by atoms with Crippen LogP contribution in [0.4, 0.5) is 0 Å². The number of carbonyl (C=O) groups is 1. The quantitative estimate of drug-likeness (QED) is 0.554. The Morgan fingerprint density at radius 3 is 2.64 bits per heavy atom. The Balaban J connectivity index is 2.42. The Morgan fingerprint density at radius 2 is 2.21 bits per heavy atom. The van der Waals surface area contributed by atoms with Crippen molar-refractivity contribution < 1.29 is 14.6 Å². The third-order valence-corrected chi connectivity index (χ3v) is 2.85. The molecule has 0 aromatic rings. The van der Waals surface area contributed by atoms with Crippen LogP contribution in [0.2, 0.25) is 0 Å². The molecule has 0 bridgehead atoms. The highest BCUT2D eigenvalue weighted by Crippen LogP contribution is 2.33. The Morgan fingerprint density at radius 1 is 1.64 bits per heavy atom. The highest BCUT2D eigenvalue weighted by molar-refractivity contribution is 5.72. The van der Waals surface area contributed by atoms with Crippen molar-refractivity contribution in [3.05, 3.63) is 12.7 Å². The first kappa shape index (κ1) is 11.2. The minimum Gasteiger partial charge on any atom is -0.466 e. The molecular weight excluding hydrogens is 180 g/mol. The molecule has 0 aromatic heterocycles. The van der Waals surface area contributed by atoms with E-state index in [1.54, 1.807) is 13.0 Å². The van der Waals surface area contributed by atoms with Crippen molar-refractivity contribution in [2.75, 3.05) is 6.61 Å². The summed E-state index contributed by atoms with van der Waals surface area (Å²) in [5, 5.41) is 9.84. The molecular formula is C11H18O3. The molecule has 0 amide bonds. The number of esters is 1. The van der Waals surface area contributed by atoms with Crippen LogP contribution in [0, 0.1) is 5.92 Å². The molecule has 1 aliphatic rings. The number of ether oxygens (including phenoxy) is 1. The molecule has 0 spiro atoms. The van der Waals surface area contributed by atoms with E-state index in [2.05, 4.69) is 6.58 Å². The summed E-state index contributed by atoms with van der Waals surface area (Å²) in [7, 11) is 0. The van der Waals surface area contributed by atoms with E-state index in [9.17, 15) is 9.90 Å². The van der Waals surface area contributed by atoms with Gasteiger partial charge in [0.1, 0.15) is 0 Å². The summed E-state index contributed by atoms with van der Waals surface area (Å²) in [6, 6.07) is 0. The third-order valence-electron chi connectivity index (χ3n) is 2.85. The summed E-state index contributed by atoms with van der Waals surface area (Å²) in [5.41, 5.74) is -0.761. The van der Waals surface area contributed by atoms with Crippen LogP contribution in [0.1, 0.15) is 32.6 Å². The molecule has 0 aromatic carbocycles. The largest absolute Gasteiger partial charge is 0.466 e. The lowest BCUT2D eigenvalue weighted by atomic mass is 9.79. The van der Waals surface area contributed by atoms with E-state index in [-0.39, 0.29) is 11.9 Å². The molecule has 0 heterocycles. The molecule has 0 unspecified atom stereocenters. The highest BCUT2D eigenvalue weighted by Gasteiger charge is 2.33. The molecule has 1 aliphatic carbocycles. The van der Waals surface area contributed by atoms with Gasteiger partial charge in [-0.2, -0.15) is 0 Å². The number of aliphatic hydroxyl groups is 1. The van der Waals surface area contributed by atoms with Crippen LogP contribution < -0.4 is 0 Å². The summed E-state index contributed by atoms with van der Waals surface area (Å²) in [4.78, 5) is 11.4. The number of hydrogen-bond acceptors (Lipinski definition) is 3. The van der Waals surface area contributed by atoms with Crippen molar-refractivity contribution >= 4 is 5.97 Å². The average Bonchev–Trinajstić information content (AvgIpc) is 2.19. The lowest BCUT2D eigenvalue weighted by Crippen LogP contribution is -2.34. The normalized spacial score (nSPS) is 32.3. The lowest BCUT2D eigenvalue weighted by Gasteiger charge is -2.32. The lowest BCUT2D eigenvalue weighted by molar-refractivity contribution is -0.150. The van der Waals surface area contributed by atoms with E-state index in [1.807, 2.05) is 0 Å². The second kappa shape index (κ2) is 4.60. The maximum Gasteiger partial charge on any atom is 0.308 e. The van der Waals surface area contributed by atoms with Gasteiger partial charge in [-0.3, -0.25) is 4.79 Å². The van der Waals surface area contributed by atoms with E-state index >= 15 is 0 Å². The zero-order valence-electron chi connectivity index (χ0n) is 8.66. The SMILES string of the molecule is C=CC1(O)CCC(C(=O)OCC)CC1. The zero-order valence-corrected chi connectivity index (χ0v) is 8.66. The van der Waals surface area contributed by atoms with Gasteiger partial charge in [-0.15, -0.1) is 6.58 Å². The first-order valence-corrected chi connectivity index (χ1v) is 5.14. The molecule has 14 heavy (non-hydrogen) atoms. The van der Waals surface area contributed by atoms with Crippen molar-refractivity contribution in [2.45, 2.75) is 38.2 Å². The van der Waals surface area contributed by atoms with Gasteiger partial charge in [-0.05, 0) is 32.6 Å². The van der Waals surface area contributed by atoms with Crippen molar-refractivity contribution in [1.82, 2.24) is 0 Å². The second-order valence-electron chi connectivity index (χ2n) is 3.83. The fourth-order valence-corrected chi connectivity index (χ4v) is 1.82. The fourth-order valence-electron chi connectivity index (χ4n) is 1.82. The molecule has 0 saturated heterocycles. The van der Waals surface area contributed by atoms with E-state index in [4.69, 9.17) is 4.74 Å². The van der Waals surface area contributed by atoms with Gasteiger partial charge in [0.05, 0.1) is 18.1 Å².